The van der Waals surface area contributed by atoms with Gasteiger partial charge in [0.25, 0.3) is 0 Å². The zero-order chi connectivity index (χ0) is 11.5. The molecule has 1 fully saturated rings. The molecule has 1 aromatic carbocycles. The van der Waals surface area contributed by atoms with E-state index in [0.717, 1.165) is 25.1 Å². The summed E-state index contributed by atoms with van der Waals surface area (Å²) in [5.41, 5.74) is 1.00. The predicted octanol–water partition coefficient (Wildman–Crippen LogP) is 2.01. The van der Waals surface area contributed by atoms with Gasteiger partial charge >= 0.3 is 0 Å². The highest BCUT2D eigenvalue weighted by Gasteiger charge is 2.28. The third-order valence-corrected chi connectivity index (χ3v) is 3.64. The number of carbonyl (C=O) groups is 1. The van der Waals surface area contributed by atoms with Gasteiger partial charge in [-0.15, -0.1) is 0 Å². The molecule has 86 valence electrons. The predicted molar refractivity (Wildman–Crippen MR) is 73.6 cm³/mol. The SMILES string of the molecule is CNC1CCCN(c2ccc(I)cc2)C1=O. The second-order valence-corrected chi connectivity index (χ2v) is 5.20. The summed E-state index contributed by atoms with van der Waals surface area (Å²) in [5, 5.41) is 3.07. The van der Waals surface area contributed by atoms with Crippen molar-refractivity contribution in [1.82, 2.24) is 5.32 Å². The largest absolute Gasteiger partial charge is 0.311 e. The van der Waals surface area contributed by atoms with Crippen LogP contribution >= 0.6 is 22.6 Å². The second kappa shape index (κ2) is 5.14. The zero-order valence-corrected chi connectivity index (χ0v) is 11.4. The molecule has 1 aliphatic rings. The van der Waals surface area contributed by atoms with E-state index in [0.29, 0.717) is 0 Å². The standard InChI is InChI=1S/C12H15IN2O/c1-14-11-3-2-8-15(12(11)16)10-6-4-9(13)5-7-10/h4-7,11,14H,2-3,8H2,1H3. The molecule has 1 atom stereocenters. The average molecular weight is 330 g/mol. The van der Waals surface area contributed by atoms with Crippen molar-refractivity contribution >= 4 is 34.2 Å². The van der Waals surface area contributed by atoms with Crippen molar-refractivity contribution in [3.63, 3.8) is 0 Å². The van der Waals surface area contributed by atoms with E-state index in [1.54, 1.807) is 0 Å². The average Bonchev–Trinajstić information content (AvgIpc) is 2.31. The van der Waals surface area contributed by atoms with Crippen molar-refractivity contribution < 1.29 is 4.79 Å². The van der Waals surface area contributed by atoms with Gasteiger partial charge in [0.1, 0.15) is 0 Å². The van der Waals surface area contributed by atoms with Crippen LogP contribution < -0.4 is 10.2 Å². The van der Waals surface area contributed by atoms with E-state index in [-0.39, 0.29) is 11.9 Å². The van der Waals surface area contributed by atoms with Crippen LogP contribution in [0.25, 0.3) is 0 Å². The Bertz CT molecular complexity index is 377. The Morgan fingerprint density at radius 2 is 2.06 bits per heavy atom. The number of amides is 1. The lowest BCUT2D eigenvalue weighted by Gasteiger charge is -2.32. The fourth-order valence-electron chi connectivity index (χ4n) is 2.02. The molecule has 4 heteroatoms. The van der Waals surface area contributed by atoms with E-state index in [2.05, 4.69) is 27.9 Å². The van der Waals surface area contributed by atoms with Crippen LogP contribution in [-0.2, 0) is 4.79 Å². The molecule has 16 heavy (non-hydrogen) atoms. The van der Waals surface area contributed by atoms with Crippen molar-refractivity contribution in [2.45, 2.75) is 18.9 Å². The van der Waals surface area contributed by atoms with Crippen LogP contribution in [0.5, 0.6) is 0 Å². The number of hydrogen-bond acceptors (Lipinski definition) is 2. The maximum Gasteiger partial charge on any atom is 0.244 e. The van der Waals surface area contributed by atoms with Crippen molar-refractivity contribution in [2.24, 2.45) is 0 Å². The van der Waals surface area contributed by atoms with E-state index < -0.39 is 0 Å². The minimum Gasteiger partial charge on any atom is -0.311 e. The first kappa shape index (κ1) is 11.9. The van der Waals surface area contributed by atoms with Crippen LogP contribution in [0.15, 0.2) is 24.3 Å². The highest BCUT2D eigenvalue weighted by Crippen LogP contribution is 2.21. The maximum atomic E-state index is 12.1. The molecule has 1 aliphatic heterocycles. The number of anilines is 1. The Hall–Kier alpha value is -0.620. The first-order valence-corrected chi connectivity index (χ1v) is 6.54. The van der Waals surface area contributed by atoms with E-state index in [1.807, 2.05) is 36.2 Å². The van der Waals surface area contributed by atoms with E-state index >= 15 is 0 Å². The van der Waals surface area contributed by atoms with Gasteiger partial charge in [-0.05, 0) is 66.7 Å². The quantitative estimate of drug-likeness (QED) is 0.842. The van der Waals surface area contributed by atoms with Crippen LogP contribution in [0.4, 0.5) is 5.69 Å². The van der Waals surface area contributed by atoms with Gasteiger partial charge in [-0.2, -0.15) is 0 Å². The highest BCUT2D eigenvalue weighted by molar-refractivity contribution is 14.1. The third-order valence-electron chi connectivity index (χ3n) is 2.93. The summed E-state index contributed by atoms with van der Waals surface area (Å²) in [7, 11) is 1.85. The highest BCUT2D eigenvalue weighted by atomic mass is 127. The molecule has 1 saturated heterocycles. The summed E-state index contributed by atoms with van der Waals surface area (Å²) >= 11 is 2.27. The van der Waals surface area contributed by atoms with Crippen LogP contribution in [0.2, 0.25) is 0 Å². The fraction of sp³-hybridized carbons (Fsp3) is 0.417. The Morgan fingerprint density at radius 3 is 2.69 bits per heavy atom. The van der Waals surface area contributed by atoms with Crippen molar-refractivity contribution in [2.75, 3.05) is 18.5 Å². The normalized spacial score (nSPS) is 21.2. The maximum absolute atomic E-state index is 12.1. The summed E-state index contributed by atoms with van der Waals surface area (Å²) in [6.45, 7) is 0.831. The van der Waals surface area contributed by atoms with Gasteiger partial charge in [-0.25, -0.2) is 0 Å². The summed E-state index contributed by atoms with van der Waals surface area (Å²) in [5.74, 6) is 0.190. The minimum atomic E-state index is -0.0203. The Balaban J connectivity index is 2.20. The molecular formula is C12H15IN2O. The summed E-state index contributed by atoms with van der Waals surface area (Å²) in [6.07, 6.45) is 2.00. The molecule has 3 nitrogen and oxygen atoms in total. The molecular weight excluding hydrogens is 315 g/mol. The number of nitrogens with zero attached hydrogens (tertiary/aromatic N) is 1. The van der Waals surface area contributed by atoms with Crippen LogP contribution in [0, 0.1) is 3.57 Å². The second-order valence-electron chi connectivity index (χ2n) is 3.95. The third kappa shape index (κ3) is 2.38. The molecule has 1 N–H and O–H groups in total. The van der Waals surface area contributed by atoms with Crippen molar-refractivity contribution in [3.8, 4) is 0 Å². The summed E-state index contributed by atoms with van der Waals surface area (Å²) in [6, 6.07) is 8.07. The minimum absolute atomic E-state index is 0.0203. The van der Waals surface area contributed by atoms with Crippen molar-refractivity contribution in [3.05, 3.63) is 27.8 Å². The lowest BCUT2D eigenvalue weighted by atomic mass is 10.0. The molecule has 0 saturated carbocycles. The lowest BCUT2D eigenvalue weighted by molar-refractivity contribution is -0.121. The van der Waals surface area contributed by atoms with E-state index in [9.17, 15) is 4.79 Å². The van der Waals surface area contributed by atoms with Crippen LogP contribution in [-0.4, -0.2) is 25.5 Å². The molecule has 0 radical (unpaired) electrons. The van der Waals surface area contributed by atoms with Gasteiger partial charge in [-0.3, -0.25) is 4.79 Å². The molecule has 0 spiro atoms. The Morgan fingerprint density at radius 1 is 1.38 bits per heavy atom. The molecule has 0 aliphatic carbocycles. The molecule has 2 rings (SSSR count). The molecule has 1 unspecified atom stereocenters. The molecule has 0 bridgehead atoms. The van der Waals surface area contributed by atoms with Crippen LogP contribution in [0.1, 0.15) is 12.8 Å². The number of rotatable bonds is 2. The number of halogens is 1. The molecule has 1 aromatic rings. The summed E-state index contributed by atoms with van der Waals surface area (Å²) in [4.78, 5) is 14.0. The smallest absolute Gasteiger partial charge is 0.244 e. The molecule has 1 amide bonds. The molecule has 1 heterocycles. The monoisotopic (exact) mass is 330 g/mol. The van der Waals surface area contributed by atoms with Gasteiger partial charge < -0.3 is 10.2 Å². The zero-order valence-electron chi connectivity index (χ0n) is 9.24. The fourth-order valence-corrected chi connectivity index (χ4v) is 2.38. The Labute approximate surface area is 109 Å². The first-order chi connectivity index (χ1) is 7.72. The van der Waals surface area contributed by atoms with Gasteiger partial charge in [0.05, 0.1) is 6.04 Å². The number of carbonyl (C=O) groups excluding carboxylic acids is 1. The summed E-state index contributed by atoms with van der Waals surface area (Å²) < 4.78 is 1.19. The number of likely N-dealkylation sites (N-methyl/N-ethyl adjacent to an activating group) is 1. The van der Waals surface area contributed by atoms with E-state index in [4.69, 9.17) is 0 Å². The molecule has 0 aromatic heterocycles. The first-order valence-electron chi connectivity index (χ1n) is 5.46. The van der Waals surface area contributed by atoms with Gasteiger partial charge in [-0.1, -0.05) is 0 Å². The van der Waals surface area contributed by atoms with Gasteiger partial charge in [0.2, 0.25) is 5.91 Å². The van der Waals surface area contributed by atoms with Crippen LogP contribution in [0.3, 0.4) is 0 Å². The number of benzene rings is 1. The number of piperidine rings is 1. The van der Waals surface area contributed by atoms with Gasteiger partial charge in [0.15, 0.2) is 0 Å². The lowest BCUT2D eigenvalue weighted by Crippen LogP contribution is -2.49. The number of hydrogen-bond donors (Lipinski definition) is 1. The number of nitrogens with one attached hydrogen (secondary N) is 1. The van der Waals surface area contributed by atoms with Gasteiger partial charge in [0, 0.05) is 15.8 Å². The Kier molecular flexibility index (Phi) is 3.81. The van der Waals surface area contributed by atoms with E-state index in [1.165, 1.54) is 3.57 Å². The topological polar surface area (TPSA) is 32.3 Å². The van der Waals surface area contributed by atoms with Crippen molar-refractivity contribution in [1.29, 1.82) is 0 Å².